The Kier molecular flexibility index (Phi) is 5.01. The first kappa shape index (κ1) is 19.1. The number of nitrogens with zero attached hydrogens (tertiary/aromatic N) is 3. The summed E-state index contributed by atoms with van der Waals surface area (Å²) in [5.41, 5.74) is 3.48. The maximum Gasteiger partial charge on any atom is 0.271 e. The van der Waals surface area contributed by atoms with Crippen LogP contribution in [-0.2, 0) is 36.0 Å². The Morgan fingerprint density at radius 2 is 1.96 bits per heavy atom. The number of sulfonamides is 1. The molecular formula is C20H26N4O3S. The number of hydrogen-bond donors (Lipinski definition) is 1. The molecule has 1 aliphatic carbocycles. The number of carbonyl (C=O) groups excluding carboxylic acids is 1. The van der Waals surface area contributed by atoms with Gasteiger partial charge in [-0.3, -0.25) is 9.48 Å². The molecule has 2 aromatic rings. The van der Waals surface area contributed by atoms with E-state index in [0.717, 1.165) is 30.5 Å². The fourth-order valence-electron chi connectivity index (χ4n) is 3.80. The Balaban J connectivity index is 1.52. The van der Waals surface area contributed by atoms with Crippen LogP contribution in [0.1, 0.15) is 47.6 Å². The van der Waals surface area contributed by atoms with Gasteiger partial charge in [-0.25, -0.2) is 8.42 Å². The average molecular weight is 403 g/mol. The number of amides is 1. The fraction of sp³-hybridized carbons (Fsp3) is 0.500. The first-order valence-corrected chi connectivity index (χ1v) is 11.3. The number of nitrogens with one attached hydrogen (secondary N) is 1. The Morgan fingerprint density at radius 3 is 2.75 bits per heavy atom. The van der Waals surface area contributed by atoms with Crippen LogP contribution in [0.15, 0.2) is 29.2 Å². The summed E-state index contributed by atoms with van der Waals surface area (Å²) in [5, 5.41) is 7.20. The van der Waals surface area contributed by atoms with Gasteiger partial charge >= 0.3 is 0 Å². The van der Waals surface area contributed by atoms with Crippen LogP contribution in [0.25, 0.3) is 0 Å². The van der Waals surface area contributed by atoms with Crippen LogP contribution in [0.5, 0.6) is 0 Å². The van der Waals surface area contributed by atoms with Crippen molar-refractivity contribution in [2.24, 2.45) is 5.92 Å². The third kappa shape index (κ3) is 3.58. The van der Waals surface area contributed by atoms with Crippen molar-refractivity contribution in [1.29, 1.82) is 0 Å². The summed E-state index contributed by atoms with van der Waals surface area (Å²) in [5.74, 6) is 0.137. The number of aromatic nitrogens is 2. The minimum absolute atomic E-state index is 0.219. The standard InChI is InChI=1S/C20H26N4O3S/c1-14(2)12-21-20(25)19-11-17-13-23(8-9-24(17)22-19)28(26,27)18-7-6-15-4-3-5-16(15)10-18/h6-7,10-11,14H,3-5,8-9,12-13H2,1-2H3,(H,21,25). The van der Waals surface area contributed by atoms with E-state index in [1.807, 2.05) is 26.0 Å². The summed E-state index contributed by atoms with van der Waals surface area (Å²) >= 11 is 0. The number of aryl methyl sites for hydroxylation is 2. The molecule has 28 heavy (non-hydrogen) atoms. The molecule has 0 saturated heterocycles. The van der Waals surface area contributed by atoms with Gasteiger partial charge in [0, 0.05) is 13.1 Å². The second kappa shape index (κ2) is 7.33. The number of hydrogen-bond acceptors (Lipinski definition) is 4. The summed E-state index contributed by atoms with van der Waals surface area (Å²) in [6.45, 7) is 5.65. The van der Waals surface area contributed by atoms with Crippen molar-refractivity contribution in [2.75, 3.05) is 13.1 Å². The van der Waals surface area contributed by atoms with Gasteiger partial charge < -0.3 is 5.32 Å². The van der Waals surface area contributed by atoms with E-state index in [9.17, 15) is 13.2 Å². The second-order valence-corrected chi connectivity index (χ2v) is 9.91. The number of fused-ring (bicyclic) bond motifs is 2. The lowest BCUT2D eigenvalue weighted by Crippen LogP contribution is -2.38. The van der Waals surface area contributed by atoms with Crippen LogP contribution in [0.4, 0.5) is 0 Å². The van der Waals surface area contributed by atoms with E-state index in [1.54, 1.807) is 16.8 Å². The molecule has 0 unspecified atom stereocenters. The van der Waals surface area contributed by atoms with E-state index in [1.165, 1.54) is 9.87 Å². The molecule has 7 nitrogen and oxygen atoms in total. The number of carbonyl (C=O) groups is 1. The third-order valence-corrected chi connectivity index (χ3v) is 7.22. The van der Waals surface area contributed by atoms with E-state index in [-0.39, 0.29) is 12.5 Å². The molecule has 1 aliphatic heterocycles. The van der Waals surface area contributed by atoms with Gasteiger partial charge in [-0.05, 0) is 54.5 Å². The molecule has 1 aromatic heterocycles. The molecule has 4 rings (SSSR count). The van der Waals surface area contributed by atoms with E-state index in [4.69, 9.17) is 0 Å². The molecule has 0 bridgehead atoms. The van der Waals surface area contributed by atoms with Crippen LogP contribution in [-0.4, -0.2) is 41.5 Å². The van der Waals surface area contributed by atoms with Gasteiger partial charge in [0.05, 0.1) is 23.7 Å². The van der Waals surface area contributed by atoms with E-state index in [2.05, 4.69) is 10.4 Å². The van der Waals surface area contributed by atoms with Crippen LogP contribution in [0.2, 0.25) is 0 Å². The molecule has 0 radical (unpaired) electrons. The topological polar surface area (TPSA) is 84.3 Å². The summed E-state index contributed by atoms with van der Waals surface area (Å²) in [4.78, 5) is 12.6. The Hall–Kier alpha value is -2.19. The Morgan fingerprint density at radius 1 is 1.18 bits per heavy atom. The summed E-state index contributed by atoms with van der Waals surface area (Å²) in [6, 6.07) is 7.19. The second-order valence-electron chi connectivity index (χ2n) is 7.97. The molecule has 1 aromatic carbocycles. The van der Waals surface area contributed by atoms with Crippen LogP contribution in [0, 0.1) is 5.92 Å². The van der Waals surface area contributed by atoms with Gasteiger partial charge in [-0.2, -0.15) is 9.40 Å². The van der Waals surface area contributed by atoms with Crippen molar-refractivity contribution < 1.29 is 13.2 Å². The van der Waals surface area contributed by atoms with Crippen molar-refractivity contribution >= 4 is 15.9 Å². The molecule has 150 valence electrons. The Labute approximate surface area is 165 Å². The lowest BCUT2D eigenvalue weighted by atomic mass is 10.1. The van der Waals surface area contributed by atoms with E-state index >= 15 is 0 Å². The summed E-state index contributed by atoms with van der Waals surface area (Å²) in [6.07, 6.45) is 3.06. The molecule has 8 heteroatoms. The maximum absolute atomic E-state index is 13.1. The highest BCUT2D eigenvalue weighted by Crippen LogP contribution is 2.28. The lowest BCUT2D eigenvalue weighted by Gasteiger charge is -2.27. The van der Waals surface area contributed by atoms with Gasteiger partial charge in [0.2, 0.25) is 10.0 Å². The van der Waals surface area contributed by atoms with Gasteiger partial charge in [0.1, 0.15) is 5.69 Å². The van der Waals surface area contributed by atoms with Gasteiger partial charge in [0.15, 0.2) is 0 Å². The number of rotatable bonds is 5. The summed E-state index contributed by atoms with van der Waals surface area (Å²) in [7, 11) is -3.57. The molecule has 1 amide bonds. The molecule has 0 fully saturated rings. The molecule has 2 heterocycles. The highest BCUT2D eigenvalue weighted by molar-refractivity contribution is 7.89. The minimum Gasteiger partial charge on any atom is -0.350 e. The van der Waals surface area contributed by atoms with Crippen LogP contribution in [0.3, 0.4) is 0 Å². The van der Waals surface area contributed by atoms with E-state index in [0.29, 0.717) is 36.1 Å². The largest absolute Gasteiger partial charge is 0.350 e. The van der Waals surface area contributed by atoms with E-state index < -0.39 is 10.0 Å². The van der Waals surface area contributed by atoms with Gasteiger partial charge in [-0.15, -0.1) is 0 Å². The molecule has 2 aliphatic rings. The molecular weight excluding hydrogens is 376 g/mol. The van der Waals surface area contributed by atoms with Gasteiger partial charge in [-0.1, -0.05) is 19.9 Å². The quantitative estimate of drug-likeness (QED) is 0.829. The Bertz CT molecular complexity index is 1010. The van der Waals surface area contributed by atoms with Crippen molar-refractivity contribution in [3.63, 3.8) is 0 Å². The first-order valence-electron chi connectivity index (χ1n) is 9.81. The zero-order valence-corrected chi connectivity index (χ0v) is 17.1. The van der Waals surface area contributed by atoms with Crippen molar-refractivity contribution in [2.45, 2.75) is 51.1 Å². The third-order valence-electron chi connectivity index (χ3n) is 5.37. The maximum atomic E-state index is 13.1. The minimum atomic E-state index is -3.57. The normalized spacial score (nSPS) is 16.8. The average Bonchev–Trinajstić information content (AvgIpc) is 3.31. The zero-order chi connectivity index (χ0) is 19.9. The lowest BCUT2D eigenvalue weighted by molar-refractivity contribution is 0.0943. The predicted octanol–water partition coefficient (Wildman–Crippen LogP) is 1.96. The van der Waals surface area contributed by atoms with Crippen LogP contribution >= 0.6 is 0 Å². The number of benzene rings is 1. The first-order chi connectivity index (χ1) is 13.3. The predicted molar refractivity (Wildman–Crippen MR) is 105 cm³/mol. The zero-order valence-electron chi connectivity index (χ0n) is 16.3. The van der Waals surface area contributed by atoms with Gasteiger partial charge in [0.25, 0.3) is 5.91 Å². The molecule has 1 N–H and O–H groups in total. The molecule has 0 spiro atoms. The SMILES string of the molecule is CC(C)CNC(=O)c1cc2n(n1)CCN(S(=O)(=O)c1ccc3c(c1)CCC3)C2. The molecule has 0 atom stereocenters. The van der Waals surface area contributed by atoms with Crippen molar-refractivity contribution in [1.82, 2.24) is 19.4 Å². The highest BCUT2D eigenvalue weighted by atomic mass is 32.2. The smallest absolute Gasteiger partial charge is 0.271 e. The van der Waals surface area contributed by atoms with Crippen LogP contribution < -0.4 is 5.32 Å². The fourth-order valence-corrected chi connectivity index (χ4v) is 5.26. The summed E-state index contributed by atoms with van der Waals surface area (Å²) < 4.78 is 29.5. The molecule has 0 saturated carbocycles. The monoisotopic (exact) mass is 402 g/mol. The van der Waals surface area contributed by atoms with Crippen molar-refractivity contribution in [3.05, 3.63) is 46.8 Å². The highest BCUT2D eigenvalue weighted by Gasteiger charge is 2.30. The van der Waals surface area contributed by atoms with Crippen molar-refractivity contribution in [3.8, 4) is 0 Å².